The van der Waals surface area contributed by atoms with Gasteiger partial charge in [-0.15, -0.1) is 0 Å². The fourth-order valence-electron chi connectivity index (χ4n) is 4.26. The van der Waals surface area contributed by atoms with Gasteiger partial charge in [0.05, 0.1) is 0 Å². The van der Waals surface area contributed by atoms with Gasteiger partial charge in [-0.25, -0.2) is 0 Å². The zero-order valence-corrected chi connectivity index (χ0v) is 12.0. The first-order chi connectivity index (χ1) is 8.78. The van der Waals surface area contributed by atoms with Gasteiger partial charge in [0, 0.05) is 12.1 Å². The van der Waals surface area contributed by atoms with Gasteiger partial charge in [-0.05, 0) is 84.2 Å². The van der Waals surface area contributed by atoms with Crippen molar-refractivity contribution in [2.45, 2.75) is 44.1 Å². The lowest BCUT2D eigenvalue weighted by Crippen LogP contribution is -2.53. The quantitative estimate of drug-likeness (QED) is 0.803. The lowest BCUT2D eigenvalue weighted by molar-refractivity contribution is 0.0468. The molecule has 3 nitrogen and oxygen atoms in total. The van der Waals surface area contributed by atoms with Gasteiger partial charge < -0.3 is 10.2 Å². The highest BCUT2D eigenvalue weighted by molar-refractivity contribution is 4.99. The van der Waals surface area contributed by atoms with Gasteiger partial charge in [0.15, 0.2) is 0 Å². The van der Waals surface area contributed by atoms with E-state index in [1.54, 1.807) is 0 Å². The average molecular weight is 251 g/mol. The van der Waals surface area contributed by atoms with Crippen LogP contribution in [0.5, 0.6) is 0 Å². The predicted molar refractivity (Wildman–Crippen MR) is 75.9 cm³/mol. The molecule has 18 heavy (non-hydrogen) atoms. The standard InChI is InChI=1S/C15H29N3/c1-17-11-6-15(7-12-17)5-2-10-18(15)13-14-3-8-16-9-4-14/h14,16H,2-13H2,1H3. The van der Waals surface area contributed by atoms with Gasteiger partial charge in [0.25, 0.3) is 0 Å². The van der Waals surface area contributed by atoms with Crippen LogP contribution in [0.2, 0.25) is 0 Å². The summed E-state index contributed by atoms with van der Waals surface area (Å²) < 4.78 is 0. The number of likely N-dealkylation sites (tertiary alicyclic amines) is 2. The fraction of sp³-hybridized carbons (Fsp3) is 1.00. The van der Waals surface area contributed by atoms with E-state index in [0.717, 1.165) is 5.92 Å². The molecule has 0 radical (unpaired) electrons. The molecule has 3 heterocycles. The average Bonchev–Trinajstić information content (AvgIpc) is 2.78. The molecule has 3 saturated heterocycles. The van der Waals surface area contributed by atoms with E-state index in [9.17, 15) is 0 Å². The SMILES string of the molecule is CN1CCC2(CCCN2CC2CCNCC2)CC1. The van der Waals surface area contributed by atoms with Crippen LogP contribution in [0.15, 0.2) is 0 Å². The van der Waals surface area contributed by atoms with Crippen LogP contribution < -0.4 is 5.32 Å². The molecule has 1 spiro atoms. The molecule has 0 unspecified atom stereocenters. The summed E-state index contributed by atoms with van der Waals surface area (Å²) in [7, 11) is 2.28. The minimum Gasteiger partial charge on any atom is -0.317 e. The maximum Gasteiger partial charge on any atom is 0.0234 e. The molecule has 0 saturated carbocycles. The Morgan fingerprint density at radius 1 is 1.06 bits per heavy atom. The molecule has 0 aromatic rings. The second-order valence-electron chi connectivity index (χ2n) is 6.77. The Morgan fingerprint density at radius 3 is 2.50 bits per heavy atom. The number of nitrogens with one attached hydrogen (secondary N) is 1. The Morgan fingerprint density at radius 2 is 1.78 bits per heavy atom. The second kappa shape index (κ2) is 5.48. The molecule has 3 fully saturated rings. The van der Waals surface area contributed by atoms with Gasteiger partial charge >= 0.3 is 0 Å². The Balaban J connectivity index is 1.60. The van der Waals surface area contributed by atoms with E-state index in [2.05, 4.69) is 22.2 Å². The Kier molecular flexibility index (Phi) is 3.92. The zero-order chi connectivity index (χ0) is 12.4. The van der Waals surface area contributed by atoms with Crippen molar-refractivity contribution >= 4 is 0 Å². The van der Waals surface area contributed by atoms with Crippen LogP contribution in [-0.4, -0.2) is 61.7 Å². The van der Waals surface area contributed by atoms with E-state index in [0.29, 0.717) is 5.54 Å². The van der Waals surface area contributed by atoms with Crippen LogP contribution in [0, 0.1) is 5.92 Å². The van der Waals surface area contributed by atoms with Crippen molar-refractivity contribution in [3.63, 3.8) is 0 Å². The summed E-state index contributed by atoms with van der Waals surface area (Å²) in [4.78, 5) is 5.39. The summed E-state index contributed by atoms with van der Waals surface area (Å²) in [6.45, 7) is 7.85. The van der Waals surface area contributed by atoms with Crippen LogP contribution in [0.3, 0.4) is 0 Å². The first kappa shape index (κ1) is 12.9. The number of hydrogen-bond acceptors (Lipinski definition) is 3. The Hall–Kier alpha value is -0.120. The fourth-order valence-corrected chi connectivity index (χ4v) is 4.26. The molecule has 0 aliphatic carbocycles. The highest BCUT2D eigenvalue weighted by Gasteiger charge is 2.42. The molecular weight excluding hydrogens is 222 g/mol. The monoisotopic (exact) mass is 251 g/mol. The van der Waals surface area contributed by atoms with Crippen LogP contribution in [0.4, 0.5) is 0 Å². The molecule has 3 aliphatic heterocycles. The first-order valence-corrected chi connectivity index (χ1v) is 7.93. The van der Waals surface area contributed by atoms with Crippen molar-refractivity contribution in [2.75, 3.05) is 46.3 Å². The van der Waals surface area contributed by atoms with E-state index in [1.165, 1.54) is 77.8 Å². The topological polar surface area (TPSA) is 18.5 Å². The number of nitrogens with zero attached hydrogens (tertiary/aromatic N) is 2. The largest absolute Gasteiger partial charge is 0.317 e. The first-order valence-electron chi connectivity index (χ1n) is 7.93. The third kappa shape index (κ3) is 2.59. The van der Waals surface area contributed by atoms with Crippen molar-refractivity contribution in [3.8, 4) is 0 Å². The maximum atomic E-state index is 3.49. The summed E-state index contributed by atoms with van der Waals surface area (Å²) in [5.41, 5.74) is 0.595. The molecule has 3 heteroatoms. The van der Waals surface area contributed by atoms with Crippen LogP contribution >= 0.6 is 0 Å². The van der Waals surface area contributed by atoms with E-state index in [-0.39, 0.29) is 0 Å². The molecule has 0 aromatic carbocycles. The number of hydrogen-bond donors (Lipinski definition) is 1. The maximum absolute atomic E-state index is 3.49. The lowest BCUT2D eigenvalue weighted by Gasteiger charge is -2.45. The molecule has 1 N–H and O–H groups in total. The van der Waals surface area contributed by atoms with Gasteiger partial charge in [-0.2, -0.15) is 0 Å². The molecule has 0 atom stereocenters. The number of rotatable bonds is 2. The molecule has 0 bridgehead atoms. The summed E-state index contributed by atoms with van der Waals surface area (Å²) in [6, 6.07) is 0. The van der Waals surface area contributed by atoms with E-state index in [4.69, 9.17) is 0 Å². The Bertz CT molecular complexity index is 265. The second-order valence-corrected chi connectivity index (χ2v) is 6.77. The summed E-state index contributed by atoms with van der Waals surface area (Å²) in [6.07, 6.45) is 8.52. The normalized spacial score (nSPS) is 31.2. The molecule has 3 rings (SSSR count). The third-order valence-corrected chi connectivity index (χ3v) is 5.60. The van der Waals surface area contributed by atoms with Crippen molar-refractivity contribution in [1.82, 2.24) is 15.1 Å². The molecule has 0 amide bonds. The third-order valence-electron chi connectivity index (χ3n) is 5.60. The minimum absolute atomic E-state index is 0.595. The van der Waals surface area contributed by atoms with E-state index < -0.39 is 0 Å². The van der Waals surface area contributed by atoms with Crippen molar-refractivity contribution in [2.24, 2.45) is 5.92 Å². The Labute approximate surface area is 112 Å². The van der Waals surface area contributed by atoms with E-state index in [1.807, 2.05) is 0 Å². The van der Waals surface area contributed by atoms with Crippen LogP contribution in [0.25, 0.3) is 0 Å². The highest BCUT2D eigenvalue weighted by atomic mass is 15.2. The van der Waals surface area contributed by atoms with Gasteiger partial charge in [0.2, 0.25) is 0 Å². The summed E-state index contributed by atoms with van der Waals surface area (Å²) >= 11 is 0. The summed E-state index contributed by atoms with van der Waals surface area (Å²) in [5, 5.41) is 3.49. The zero-order valence-electron chi connectivity index (χ0n) is 12.0. The van der Waals surface area contributed by atoms with Crippen molar-refractivity contribution < 1.29 is 0 Å². The predicted octanol–water partition coefficient (Wildman–Crippen LogP) is 1.55. The summed E-state index contributed by atoms with van der Waals surface area (Å²) in [5.74, 6) is 0.959. The van der Waals surface area contributed by atoms with Crippen molar-refractivity contribution in [1.29, 1.82) is 0 Å². The minimum atomic E-state index is 0.595. The number of piperidine rings is 2. The van der Waals surface area contributed by atoms with Gasteiger partial charge in [-0.3, -0.25) is 4.90 Å². The van der Waals surface area contributed by atoms with Gasteiger partial charge in [0.1, 0.15) is 0 Å². The lowest BCUT2D eigenvalue weighted by atomic mass is 9.84. The van der Waals surface area contributed by atoms with Crippen LogP contribution in [0.1, 0.15) is 38.5 Å². The molecule has 0 aromatic heterocycles. The highest BCUT2D eigenvalue weighted by Crippen LogP contribution is 2.39. The van der Waals surface area contributed by atoms with Crippen LogP contribution in [-0.2, 0) is 0 Å². The smallest absolute Gasteiger partial charge is 0.0234 e. The molecular formula is C15H29N3. The van der Waals surface area contributed by atoms with Crippen molar-refractivity contribution in [3.05, 3.63) is 0 Å². The van der Waals surface area contributed by atoms with E-state index >= 15 is 0 Å². The molecule has 104 valence electrons. The molecule has 3 aliphatic rings. The van der Waals surface area contributed by atoms with Gasteiger partial charge in [-0.1, -0.05) is 0 Å².